The zero-order valence-corrected chi connectivity index (χ0v) is 12.4. The van der Waals surface area contributed by atoms with Gasteiger partial charge in [-0.05, 0) is 24.3 Å². The first kappa shape index (κ1) is 15.7. The Labute approximate surface area is 119 Å². The van der Waals surface area contributed by atoms with E-state index in [4.69, 9.17) is 10.5 Å². The number of ether oxygens (including phenoxy) is 1. The van der Waals surface area contributed by atoms with Crippen LogP contribution in [-0.4, -0.2) is 24.5 Å². The number of carbonyl (C=O) groups excluding carboxylic acids is 1. The lowest BCUT2D eigenvalue weighted by Crippen LogP contribution is -2.13. The quantitative estimate of drug-likeness (QED) is 0.568. The molecule has 0 aliphatic heterocycles. The highest BCUT2D eigenvalue weighted by molar-refractivity contribution is 7.99. The summed E-state index contributed by atoms with van der Waals surface area (Å²) in [5.41, 5.74) is 7.00. The van der Waals surface area contributed by atoms with Gasteiger partial charge in [-0.3, -0.25) is 4.79 Å². The van der Waals surface area contributed by atoms with Crippen molar-refractivity contribution in [3.05, 3.63) is 18.2 Å². The standard InChI is InChI=1S/C14H22N2O2S/c1-3-4-8-19-9-7-14(17)16-13-6-5-11(18-2)10-12(13)15/h5-6,10H,3-4,7-9,15H2,1-2H3,(H,16,17). The summed E-state index contributed by atoms with van der Waals surface area (Å²) in [6.45, 7) is 2.17. The molecule has 1 amide bonds. The fourth-order valence-electron chi connectivity index (χ4n) is 1.51. The number of hydrogen-bond donors (Lipinski definition) is 2. The van der Waals surface area contributed by atoms with Gasteiger partial charge in [-0.15, -0.1) is 0 Å². The van der Waals surface area contributed by atoms with E-state index in [1.165, 1.54) is 12.8 Å². The number of unbranched alkanes of at least 4 members (excludes halogenated alkanes) is 1. The molecule has 0 aliphatic carbocycles. The zero-order chi connectivity index (χ0) is 14.1. The molecular formula is C14H22N2O2S. The number of benzene rings is 1. The van der Waals surface area contributed by atoms with E-state index in [9.17, 15) is 4.79 Å². The molecule has 1 aromatic rings. The predicted molar refractivity (Wildman–Crippen MR) is 82.9 cm³/mol. The molecular weight excluding hydrogens is 260 g/mol. The summed E-state index contributed by atoms with van der Waals surface area (Å²) in [5.74, 6) is 2.66. The van der Waals surface area contributed by atoms with Crippen molar-refractivity contribution in [1.82, 2.24) is 0 Å². The maximum atomic E-state index is 11.7. The molecule has 1 rings (SSSR count). The molecule has 0 saturated carbocycles. The lowest BCUT2D eigenvalue weighted by Gasteiger charge is -2.09. The van der Waals surface area contributed by atoms with Crippen LogP contribution in [-0.2, 0) is 4.79 Å². The van der Waals surface area contributed by atoms with E-state index in [-0.39, 0.29) is 5.91 Å². The third kappa shape index (κ3) is 5.87. The molecule has 106 valence electrons. The summed E-state index contributed by atoms with van der Waals surface area (Å²) in [7, 11) is 1.58. The Morgan fingerprint density at radius 3 is 2.84 bits per heavy atom. The average Bonchev–Trinajstić information content (AvgIpc) is 2.41. The molecule has 0 radical (unpaired) electrons. The number of nitrogen functional groups attached to an aromatic ring is 1. The predicted octanol–water partition coefficient (Wildman–Crippen LogP) is 3.14. The summed E-state index contributed by atoms with van der Waals surface area (Å²) in [6, 6.07) is 5.24. The Morgan fingerprint density at radius 2 is 2.21 bits per heavy atom. The van der Waals surface area contributed by atoms with Crippen LogP contribution >= 0.6 is 11.8 Å². The first-order chi connectivity index (χ1) is 9.17. The Hall–Kier alpha value is -1.36. The molecule has 0 spiro atoms. The molecule has 4 nitrogen and oxygen atoms in total. The molecule has 0 heterocycles. The van der Waals surface area contributed by atoms with Crippen molar-refractivity contribution >= 4 is 29.0 Å². The van der Waals surface area contributed by atoms with Crippen LogP contribution in [0.25, 0.3) is 0 Å². The summed E-state index contributed by atoms with van der Waals surface area (Å²) < 4.78 is 5.06. The molecule has 1 aromatic carbocycles. The van der Waals surface area contributed by atoms with Crippen molar-refractivity contribution in [1.29, 1.82) is 0 Å². The van der Waals surface area contributed by atoms with E-state index < -0.39 is 0 Å². The van der Waals surface area contributed by atoms with Crippen molar-refractivity contribution in [2.24, 2.45) is 0 Å². The van der Waals surface area contributed by atoms with Gasteiger partial charge >= 0.3 is 0 Å². The van der Waals surface area contributed by atoms with Crippen LogP contribution in [0.3, 0.4) is 0 Å². The van der Waals surface area contributed by atoms with E-state index in [1.807, 2.05) is 11.8 Å². The van der Waals surface area contributed by atoms with Crippen LogP contribution in [0.1, 0.15) is 26.2 Å². The van der Waals surface area contributed by atoms with Crippen molar-refractivity contribution in [2.75, 3.05) is 29.7 Å². The topological polar surface area (TPSA) is 64.3 Å². The molecule has 3 N–H and O–H groups in total. The van der Waals surface area contributed by atoms with E-state index in [0.29, 0.717) is 23.5 Å². The van der Waals surface area contributed by atoms with Gasteiger partial charge in [-0.2, -0.15) is 11.8 Å². The largest absolute Gasteiger partial charge is 0.497 e. The number of anilines is 2. The number of nitrogens with two attached hydrogens (primary N) is 1. The van der Waals surface area contributed by atoms with Gasteiger partial charge in [0.1, 0.15) is 5.75 Å². The minimum Gasteiger partial charge on any atom is -0.497 e. The van der Waals surface area contributed by atoms with Crippen LogP contribution < -0.4 is 15.8 Å². The van der Waals surface area contributed by atoms with Gasteiger partial charge in [0.2, 0.25) is 5.91 Å². The zero-order valence-electron chi connectivity index (χ0n) is 11.6. The third-order valence-corrected chi connectivity index (χ3v) is 3.72. The Bertz CT molecular complexity index is 410. The summed E-state index contributed by atoms with van der Waals surface area (Å²) in [6.07, 6.45) is 2.92. The molecule has 0 bridgehead atoms. The highest BCUT2D eigenvalue weighted by Gasteiger charge is 2.06. The summed E-state index contributed by atoms with van der Waals surface area (Å²) in [4.78, 5) is 11.7. The highest BCUT2D eigenvalue weighted by atomic mass is 32.2. The van der Waals surface area contributed by atoms with Gasteiger partial charge in [-0.25, -0.2) is 0 Å². The van der Waals surface area contributed by atoms with Gasteiger partial charge in [0.05, 0.1) is 18.5 Å². The number of thioether (sulfide) groups is 1. The lowest BCUT2D eigenvalue weighted by molar-refractivity contribution is -0.115. The first-order valence-electron chi connectivity index (χ1n) is 6.48. The average molecular weight is 282 g/mol. The summed E-state index contributed by atoms with van der Waals surface area (Å²) >= 11 is 1.81. The Balaban J connectivity index is 2.36. The second-order valence-electron chi connectivity index (χ2n) is 4.22. The molecule has 19 heavy (non-hydrogen) atoms. The minimum atomic E-state index is 0.000801. The van der Waals surface area contributed by atoms with E-state index in [0.717, 1.165) is 11.5 Å². The van der Waals surface area contributed by atoms with Crippen LogP contribution in [0.15, 0.2) is 18.2 Å². The molecule has 0 aliphatic rings. The molecule has 0 unspecified atom stereocenters. The van der Waals surface area contributed by atoms with Gasteiger partial charge in [0, 0.05) is 18.2 Å². The Morgan fingerprint density at radius 1 is 1.42 bits per heavy atom. The molecule has 0 saturated heterocycles. The third-order valence-electron chi connectivity index (χ3n) is 2.65. The van der Waals surface area contributed by atoms with E-state index in [2.05, 4.69) is 12.2 Å². The van der Waals surface area contributed by atoms with Crippen LogP contribution in [0, 0.1) is 0 Å². The smallest absolute Gasteiger partial charge is 0.225 e. The monoisotopic (exact) mass is 282 g/mol. The van der Waals surface area contributed by atoms with Gasteiger partial charge in [0.15, 0.2) is 0 Å². The van der Waals surface area contributed by atoms with Crippen molar-refractivity contribution in [2.45, 2.75) is 26.2 Å². The number of hydrogen-bond acceptors (Lipinski definition) is 4. The number of amides is 1. The van der Waals surface area contributed by atoms with Crippen molar-refractivity contribution in [3.8, 4) is 5.75 Å². The van der Waals surface area contributed by atoms with E-state index >= 15 is 0 Å². The number of rotatable bonds is 8. The molecule has 0 fully saturated rings. The maximum Gasteiger partial charge on any atom is 0.225 e. The molecule has 0 aromatic heterocycles. The number of nitrogens with one attached hydrogen (secondary N) is 1. The molecule has 0 atom stereocenters. The number of carbonyl (C=O) groups is 1. The van der Waals surface area contributed by atoms with Crippen LogP contribution in [0.4, 0.5) is 11.4 Å². The van der Waals surface area contributed by atoms with Crippen molar-refractivity contribution < 1.29 is 9.53 Å². The SMILES string of the molecule is CCCCSCCC(=O)Nc1ccc(OC)cc1N. The van der Waals surface area contributed by atoms with Crippen LogP contribution in [0.2, 0.25) is 0 Å². The van der Waals surface area contributed by atoms with Crippen LogP contribution in [0.5, 0.6) is 5.75 Å². The fourth-order valence-corrected chi connectivity index (χ4v) is 2.53. The minimum absolute atomic E-state index is 0.000801. The Kier molecular flexibility index (Phi) is 7.18. The van der Waals surface area contributed by atoms with Crippen molar-refractivity contribution in [3.63, 3.8) is 0 Å². The first-order valence-corrected chi connectivity index (χ1v) is 7.64. The normalized spacial score (nSPS) is 10.2. The number of methoxy groups -OCH3 is 1. The summed E-state index contributed by atoms with van der Waals surface area (Å²) in [5, 5.41) is 2.82. The second kappa shape index (κ2) is 8.69. The molecule has 5 heteroatoms. The fraction of sp³-hybridized carbons (Fsp3) is 0.500. The highest BCUT2D eigenvalue weighted by Crippen LogP contribution is 2.24. The van der Waals surface area contributed by atoms with Gasteiger partial charge in [-0.1, -0.05) is 13.3 Å². The van der Waals surface area contributed by atoms with Gasteiger partial charge < -0.3 is 15.8 Å². The second-order valence-corrected chi connectivity index (χ2v) is 5.44. The van der Waals surface area contributed by atoms with Gasteiger partial charge in [0.25, 0.3) is 0 Å². The maximum absolute atomic E-state index is 11.7. The van der Waals surface area contributed by atoms with E-state index in [1.54, 1.807) is 25.3 Å². The lowest BCUT2D eigenvalue weighted by atomic mass is 10.2.